The number of hydrogen-bond donors (Lipinski definition) is 0. The highest BCUT2D eigenvalue weighted by Gasteiger charge is 2.28. The normalized spacial score (nSPS) is 21.0. The fraction of sp³-hybridized carbons (Fsp3) is 1.00. The standard InChI is InChI=1S/C18H40N/c1-13(2)15(4)17(6)18(7)16(5)14(3)11-12-19(8,9)10/h13-18H,11-12H2,1-10H3/q+1. The van der Waals surface area contributed by atoms with Gasteiger partial charge in [0.2, 0.25) is 0 Å². The molecule has 0 saturated heterocycles. The summed E-state index contributed by atoms with van der Waals surface area (Å²) in [4.78, 5) is 0. The van der Waals surface area contributed by atoms with Crippen LogP contribution in [0, 0.1) is 35.5 Å². The molecule has 0 aromatic rings. The molecule has 116 valence electrons. The molecule has 0 fully saturated rings. The highest BCUT2D eigenvalue weighted by atomic mass is 15.3. The lowest BCUT2D eigenvalue weighted by Gasteiger charge is -2.36. The average molecular weight is 271 g/mol. The fourth-order valence-electron chi connectivity index (χ4n) is 2.94. The molecule has 0 aliphatic rings. The molecule has 1 nitrogen and oxygen atoms in total. The maximum Gasteiger partial charge on any atom is 0.0783 e. The second kappa shape index (κ2) is 7.67. The number of rotatable bonds is 8. The topological polar surface area (TPSA) is 0 Å². The van der Waals surface area contributed by atoms with Crippen molar-refractivity contribution in [2.45, 2.75) is 54.9 Å². The monoisotopic (exact) mass is 270 g/mol. The summed E-state index contributed by atoms with van der Waals surface area (Å²) in [6.45, 7) is 18.3. The molecule has 19 heavy (non-hydrogen) atoms. The van der Waals surface area contributed by atoms with E-state index in [-0.39, 0.29) is 0 Å². The quantitative estimate of drug-likeness (QED) is 0.549. The first-order valence-electron chi connectivity index (χ1n) is 8.27. The Bertz CT molecular complexity index is 239. The minimum atomic E-state index is 0.797. The Balaban J connectivity index is 4.42. The van der Waals surface area contributed by atoms with Crippen molar-refractivity contribution in [3.05, 3.63) is 0 Å². The van der Waals surface area contributed by atoms with Gasteiger partial charge < -0.3 is 4.48 Å². The van der Waals surface area contributed by atoms with Crippen molar-refractivity contribution < 1.29 is 4.48 Å². The van der Waals surface area contributed by atoms with Gasteiger partial charge in [-0.15, -0.1) is 0 Å². The lowest BCUT2D eigenvalue weighted by Crippen LogP contribution is -2.37. The molecule has 0 bridgehead atoms. The fourth-order valence-corrected chi connectivity index (χ4v) is 2.94. The van der Waals surface area contributed by atoms with Crippen LogP contribution in [0.2, 0.25) is 0 Å². The first-order valence-corrected chi connectivity index (χ1v) is 8.27. The molecular weight excluding hydrogens is 230 g/mol. The van der Waals surface area contributed by atoms with E-state index in [9.17, 15) is 0 Å². The summed E-state index contributed by atoms with van der Waals surface area (Å²) >= 11 is 0. The summed E-state index contributed by atoms with van der Waals surface area (Å²) in [5.74, 6) is 4.91. The van der Waals surface area contributed by atoms with Crippen LogP contribution in [-0.4, -0.2) is 32.2 Å². The molecule has 0 saturated carbocycles. The van der Waals surface area contributed by atoms with Gasteiger partial charge in [0, 0.05) is 0 Å². The predicted octanol–water partition coefficient (Wildman–Crippen LogP) is 4.92. The highest BCUT2D eigenvalue weighted by Crippen LogP contribution is 2.35. The first-order chi connectivity index (χ1) is 8.47. The Morgan fingerprint density at radius 1 is 0.632 bits per heavy atom. The van der Waals surface area contributed by atoms with Crippen LogP contribution in [0.3, 0.4) is 0 Å². The van der Waals surface area contributed by atoms with Gasteiger partial charge in [0.25, 0.3) is 0 Å². The van der Waals surface area contributed by atoms with Crippen molar-refractivity contribution in [2.24, 2.45) is 35.5 Å². The second-order valence-electron chi connectivity index (χ2n) is 8.46. The van der Waals surface area contributed by atoms with Gasteiger partial charge >= 0.3 is 0 Å². The van der Waals surface area contributed by atoms with E-state index in [2.05, 4.69) is 69.6 Å². The summed E-state index contributed by atoms with van der Waals surface area (Å²) < 4.78 is 1.09. The van der Waals surface area contributed by atoms with Gasteiger partial charge in [-0.05, 0) is 41.9 Å². The molecule has 0 amide bonds. The van der Waals surface area contributed by atoms with E-state index in [4.69, 9.17) is 0 Å². The van der Waals surface area contributed by atoms with E-state index in [1.165, 1.54) is 13.0 Å². The summed E-state index contributed by atoms with van der Waals surface area (Å²) in [6, 6.07) is 0. The Morgan fingerprint density at radius 2 is 1.05 bits per heavy atom. The molecule has 0 rings (SSSR count). The molecule has 0 aliphatic heterocycles. The van der Waals surface area contributed by atoms with Crippen LogP contribution < -0.4 is 0 Å². The highest BCUT2D eigenvalue weighted by molar-refractivity contribution is 4.77. The first kappa shape index (κ1) is 19.0. The molecule has 0 aromatic heterocycles. The number of quaternary nitrogens is 1. The van der Waals surface area contributed by atoms with E-state index in [1.807, 2.05) is 0 Å². The van der Waals surface area contributed by atoms with Crippen molar-refractivity contribution >= 4 is 0 Å². The zero-order chi connectivity index (χ0) is 15.4. The molecular formula is C18H40N+. The molecule has 0 heterocycles. The van der Waals surface area contributed by atoms with Gasteiger partial charge in [0.1, 0.15) is 0 Å². The Morgan fingerprint density at radius 3 is 1.42 bits per heavy atom. The third-order valence-electron chi connectivity index (χ3n) is 5.69. The molecule has 0 aliphatic carbocycles. The third-order valence-corrected chi connectivity index (χ3v) is 5.69. The smallest absolute Gasteiger partial charge is 0.0783 e. The van der Waals surface area contributed by atoms with Crippen LogP contribution in [0.25, 0.3) is 0 Å². The van der Waals surface area contributed by atoms with E-state index in [0.717, 1.165) is 40.0 Å². The molecule has 0 aromatic carbocycles. The van der Waals surface area contributed by atoms with Crippen molar-refractivity contribution in [1.82, 2.24) is 0 Å². The average Bonchev–Trinajstić information content (AvgIpc) is 2.30. The molecule has 5 atom stereocenters. The molecule has 5 unspecified atom stereocenters. The van der Waals surface area contributed by atoms with Crippen LogP contribution in [0.15, 0.2) is 0 Å². The van der Waals surface area contributed by atoms with E-state index in [0.29, 0.717) is 0 Å². The summed E-state index contributed by atoms with van der Waals surface area (Å²) in [7, 11) is 6.89. The molecule has 0 radical (unpaired) electrons. The van der Waals surface area contributed by atoms with E-state index < -0.39 is 0 Å². The van der Waals surface area contributed by atoms with Gasteiger partial charge in [-0.1, -0.05) is 48.5 Å². The summed E-state index contributed by atoms with van der Waals surface area (Å²) in [5, 5.41) is 0. The van der Waals surface area contributed by atoms with E-state index >= 15 is 0 Å². The van der Waals surface area contributed by atoms with Gasteiger partial charge in [-0.3, -0.25) is 0 Å². The lowest BCUT2D eigenvalue weighted by atomic mass is 9.71. The SMILES string of the molecule is CC(C)C(C)C(C)C(C)C(C)C(C)CC[N+](C)(C)C. The summed E-state index contributed by atoms with van der Waals surface area (Å²) in [6.07, 6.45) is 1.35. The lowest BCUT2D eigenvalue weighted by molar-refractivity contribution is -0.871. The predicted molar refractivity (Wildman–Crippen MR) is 88.2 cm³/mol. The van der Waals surface area contributed by atoms with Gasteiger partial charge in [-0.2, -0.15) is 0 Å². The van der Waals surface area contributed by atoms with Gasteiger partial charge in [-0.25, -0.2) is 0 Å². The third kappa shape index (κ3) is 6.79. The van der Waals surface area contributed by atoms with Crippen LogP contribution >= 0.6 is 0 Å². The number of hydrogen-bond acceptors (Lipinski definition) is 0. The minimum Gasteiger partial charge on any atom is -0.331 e. The zero-order valence-corrected chi connectivity index (χ0v) is 15.3. The number of nitrogens with zero attached hydrogens (tertiary/aromatic N) is 1. The molecule has 0 N–H and O–H groups in total. The molecule has 0 spiro atoms. The zero-order valence-electron chi connectivity index (χ0n) is 15.3. The van der Waals surface area contributed by atoms with E-state index in [1.54, 1.807) is 0 Å². The Labute approximate surface area is 123 Å². The van der Waals surface area contributed by atoms with Crippen molar-refractivity contribution in [3.63, 3.8) is 0 Å². The van der Waals surface area contributed by atoms with Crippen LogP contribution in [0.5, 0.6) is 0 Å². The van der Waals surface area contributed by atoms with Crippen LogP contribution in [-0.2, 0) is 0 Å². The largest absolute Gasteiger partial charge is 0.331 e. The van der Waals surface area contributed by atoms with Crippen molar-refractivity contribution in [3.8, 4) is 0 Å². The van der Waals surface area contributed by atoms with Gasteiger partial charge in [0.05, 0.1) is 27.7 Å². The van der Waals surface area contributed by atoms with Crippen LogP contribution in [0.1, 0.15) is 54.9 Å². The summed E-state index contributed by atoms with van der Waals surface area (Å²) in [5.41, 5.74) is 0. The Hall–Kier alpha value is -0.0400. The van der Waals surface area contributed by atoms with Crippen molar-refractivity contribution in [2.75, 3.05) is 27.7 Å². The Kier molecular flexibility index (Phi) is 7.65. The van der Waals surface area contributed by atoms with Gasteiger partial charge in [0.15, 0.2) is 0 Å². The minimum absolute atomic E-state index is 0.797. The van der Waals surface area contributed by atoms with Crippen LogP contribution in [0.4, 0.5) is 0 Å². The second-order valence-corrected chi connectivity index (χ2v) is 8.46. The molecule has 1 heteroatoms. The maximum atomic E-state index is 2.47. The maximum absolute atomic E-state index is 2.47. The van der Waals surface area contributed by atoms with Crippen molar-refractivity contribution in [1.29, 1.82) is 0 Å².